The highest BCUT2D eigenvalue weighted by Gasteiger charge is 2.26. The number of imidazole rings is 1. The second-order valence-electron chi connectivity index (χ2n) is 4.50. The molecule has 0 bridgehead atoms. The predicted molar refractivity (Wildman–Crippen MR) is 69.1 cm³/mol. The van der Waals surface area contributed by atoms with Crippen molar-refractivity contribution in [3.05, 3.63) is 30.1 Å². The van der Waals surface area contributed by atoms with Crippen molar-refractivity contribution in [1.82, 2.24) is 9.97 Å². The van der Waals surface area contributed by atoms with Crippen LogP contribution in [-0.4, -0.2) is 24.2 Å². The summed E-state index contributed by atoms with van der Waals surface area (Å²) in [6.45, 7) is 0. The van der Waals surface area contributed by atoms with Gasteiger partial charge in [0.15, 0.2) is 11.5 Å². The van der Waals surface area contributed by atoms with E-state index in [1.54, 1.807) is 14.2 Å². The number of nitrogens with one attached hydrogen (secondary N) is 1. The first-order chi connectivity index (χ1) is 8.83. The molecule has 18 heavy (non-hydrogen) atoms. The van der Waals surface area contributed by atoms with Crippen LogP contribution in [0, 0.1) is 0 Å². The minimum Gasteiger partial charge on any atom is -0.493 e. The van der Waals surface area contributed by atoms with E-state index in [4.69, 9.17) is 9.47 Å². The van der Waals surface area contributed by atoms with Crippen LogP contribution in [0.2, 0.25) is 0 Å². The summed E-state index contributed by atoms with van der Waals surface area (Å²) in [5, 5.41) is 0. The van der Waals surface area contributed by atoms with Gasteiger partial charge in [-0.05, 0) is 25.0 Å². The standard InChI is InChI=1S/C14H16N2O2/c1-17-12-5-3-4-10(13(12)18-2)14-15-8-11(16-14)9-6-7-9/h3-5,8-9H,6-7H2,1-2H3,(H,15,16). The highest BCUT2D eigenvalue weighted by atomic mass is 16.5. The largest absolute Gasteiger partial charge is 0.493 e. The van der Waals surface area contributed by atoms with Crippen molar-refractivity contribution in [2.75, 3.05) is 14.2 Å². The van der Waals surface area contributed by atoms with Crippen LogP contribution < -0.4 is 9.47 Å². The highest BCUT2D eigenvalue weighted by Crippen LogP contribution is 2.41. The third-order valence-electron chi connectivity index (χ3n) is 3.27. The monoisotopic (exact) mass is 244 g/mol. The summed E-state index contributed by atoms with van der Waals surface area (Å²) in [6.07, 6.45) is 4.44. The molecule has 1 heterocycles. The number of ether oxygens (including phenoxy) is 2. The zero-order valence-electron chi connectivity index (χ0n) is 10.6. The molecule has 1 aromatic carbocycles. The maximum absolute atomic E-state index is 5.42. The Labute approximate surface area is 106 Å². The summed E-state index contributed by atoms with van der Waals surface area (Å²) in [5.41, 5.74) is 2.15. The lowest BCUT2D eigenvalue weighted by molar-refractivity contribution is 0.356. The number of H-pyrrole nitrogens is 1. The predicted octanol–water partition coefficient (Wildman–Crippen LogP) is 2.97. The molecule has 3 rings (SSSR count). The average Bonchev–Trinajstić information content (AvgIpc) is 3.15. The van der Waals surface area contributed by atoms with Gasteiger partial charge in [-0.2, -0.15) is 0 Å². The molecule has 0 spiro atoms. The van der Waals surface area contributed by atoms with E-state index in [9.17, 15) is 0 Å². The van der Waals surface area contributed by atoms with Crippen LogP contribution >= 0.6 is 0 Å². The second-order valence-corrected chi connectivity index (χ2v) is 4.50. The lowest BCUT2D eigenvalue weighted by Crippen LogP contribution is -1.94. The zero-order valence-corrected chi connectivity index (χ0v) is 10.6. The van der Waals surface area contributed by atoms with Crippen molar-refractivity contribution >= 4 is 0 Å². The molecule has 94 valence electrons. The Morgan fingerprint density at radius 3 is 2.72 bits per heavy atom. The Bertz CT molecular complexity index is 559. The number of para-hydroxylation sites is 1. The molecule has 0 saturated heterocycles. The van der Waals surface area contributed by atoms with E-state index in [1.165, 1.54) is 18.5 Å². The molecule has 0 amide bonds. The van der Waals surface area contributed by atoms with Gasteiger partial charge in [-0.25, -0.2) is 4.98 Å². The van der Waals surface area contributed by atoms with E-state index in [2.05, 4.69) is 9.97 Å². The van der Waals surface area contributed by atoms with Gasteiger partial charge >= 0.3 is 0 Å². The lowest BCUT2D eigenvalue weighted by atomic mass is 10.1. The molecule has 0 atom stereocenters. The molecule has 2 aromatic rings. The summed E-state index contributed by atoms with van der Waals surface area (Å²) in [4.78, 5) is 7.81. The van der Waals surface area contributed by atoms with E-state index >= 15 is 0 Å². The minimum absolute atomic E-state index is 0.669. The van der Waals surface area contributed by atoms with Gasteiger partial charge < -0.3 is 14.5 Å². The van der Waals surface area contributed by atoms with Gasteiger partial charge in [0.05, 0.1) is 19.8 Å². The maximum Gasteiger partial charge on any atom is 0.171 e. The van der Waals surface area contributed by atoms with Crippen molar-refractivity contribution in [1.29, 1.82) is 0 Å². The Hall–Kier alpha value is -1.97. The van der Waals surface area contributed by atoms with E-state index in [-0.39, 0.29) is 0 Å². The van der Waals surface area contributed by atoms with Gasteiger partial charge in [0.1, 0.15) is 5.82 Å². The highest BCUT2D eigenvalue weighted by molar-refractivity contribution is 5.69. The smallest absolute Gasteiger partial charge is 0.171 e. The number of benzene rings is 1. The first kappa shape index (κ1) is 11.1. The van der Waals surface area contributed by atoms with Crippen LogP contribution in [0.5, 0.6) is 11.5 Å². The molecular formula is C14H16N2O2. The SMILES string of the molecule is COc1cccc(-c2ncc(C3CC3)[nH]2)c1OC. The van der Waals surface area contributed by atoms with Crippen LogP contribution in [0.3, 0.4) is 0 Å². The average molecular weight is 244 g/mol. The lowest BCUT2D eigenvalue weighted by Gasteiger charge is -2.10. The summed E-state index contributed by atoms with van der Waals surface area (Å²) in [7, 11) is 3.28. The minimum atomic E-state index is 0.669. The third kappa shape index (κ3) is 1.83. The summed E-state index contributed by atoms with van der Waals surface area (Å²) < 4.78 is 10.7. The Morgan fingerprint density at radius 1 is 1.22 bits per heavy atom. The van der Waals surface area contributed by atoms with Crippen LogP contribution in [0.15, 0.2) is 24.4 Å². The van der Waals surface area contributed by atoms with Crippen LogP contribution in [-0.2, 0) is 0 Å². The third-order valence-corrected chi connectivity index (χ3v) is 3.27. The summed E-state index contributed by atoms with van der Waals surface area (Å²) in [6, 6.07) is 5.81. The number of aromatic nitrogens is 2. The van der Waals surface area contributed by atoms with Gasteiger partial charge in [0.2, 0.25) is 0 Å². The number of methoxy groups -OCH3 is 2. The number of nitrogens with zero attached hydrogens (tertiary/aromatic N) is 1. The summed E-state index contributed by atoms with van der Waals surface area (Å²) in [5.74, 6) is 2.95. The molecule has 4 heteroatoms. The Balaban J connectivity index is 2.03. The van der Waals surface area contributed by atoms with Crippen LogP contribution in [0.4, 0.5) is 0 Å². The molecular weight excluding hydrogens is 228 g/mol. The maximum atomic E-state index is 5.42. The number of aromatic amines is 1. The van der Waals surface area contributed by atoms with Crippen molar-refractivity contribution in [2.45, 2.75) is 18.8 Å². The Morgan fingerprint density at radius 2 is 2.06 bits per heavy atom. The fourth-order valence-electron chi connectivity index (χ4n) is 2.15. The van der Waals surface area contributed by atoms with Gasteiger partial charge in [0.25, 0.3) is 0 Å². The Kier molecular flexibility index (Phi) is 2.70. The number of hydrogen-bond acceptors (Lipinski definition) is 3. The molecule has 1 fully saturated rings. The number of hydrogen-bond donors (Lipinski definition) is 1. The van der Waals surface area contributed by atoms with Gasteiger partial charge in [-0.1, -0.05) is 6.07 Å². The van der Waals surface area contributed by atoms with E-state index in [0.29, 0.717) is 5.92 Å². The summed E-state index contributed by atoms with van der Waals surface area (Å²) >= 11 is 0. The molecule has 1 N–H and O–H groups in total. The van der Waals surface area contributed by atoms with E-state index < -0.39 is 0 Å². The molecule has 4 nitrogen and oxygen atoms in total. The molecule has 1 aromatic heterocycles. The quantitative estimate of drug-likeness (QED) is 0.899. The van der Waals surface area contributed by atoms with Crippen LogP contribution in [0.25, 0.3) is 11.4 Å². The molecule has 1 aliphatic carbocycles. The topological polar surface area (TPSA) is 47.1 Å². The second kappa shape index (κ2) is 4.37. The molecule has 0 unspecified atom stereocenters. The molecule has 1 aliphatic rings. The normalized spacial score (nSPS) is 14.6. The van der Waals surface area contributed by atoms with Gasteiger partial charge in [-0.15, -0.1) is 0 Å². The van der Waals surface area contributed by atoms with Crippen molar-refractivity contribution in [3.63, 3.8) is 0 Å². The molecule has 0 radical (unpaired) electrons. The van der Waals surface area contributed by atoms with Gasteiger partial charge in [0, 0.05) is 17.8 Å². The van der Waals surface area contributed by atoms with E-state index in [0.717, 1.165) is 22.9 Å². The molecule has 0 aliphatic heterocycles. The fraction of sp³-hybridized carbons (Fsp3) is 0.357. The van der Waals surface area contributed by atoms with Gasteiger partial charge in [-0.3, -0.25) is 0 Å². The zero-order chi connectivity index (χ0) is 12.5. The molecule has 1 saturated carbocycles. The van der Waals surface area contributed by atoms with Crippen molar-refractivity contribution in [3.8, 4) is 22.9 Å². The van der Waals surface area contributed by atoms with Crippen molar-refractivity contribution in [2.24, 2.45) is 0 Å². The van der Waals surface area contributed by atoms with E-state index in [1.807, 2.05) is 24.4 Å². The van der Waals surface area contributed by atoms with Crippen molar-refractivity contribution < 1.29 is 9.47 Å². The first-order valence-electron chi connectivity index (χ1n) is 6.09. The number of rotatable bonds is 4. The fourth-order valence-corrected chi connectivity index (χ4v) is 2.15. The van der Waals surface area contributed by atoms with Crippen LogP contribution in [0.1, 0.15) is 24.5 Å². The first-order valence-corrected chi connectivity index (χ1v) is 6.09.